The Hall–Kier alpha value is -1.88. The summed E-state index contributed by atoms with van der Waals surface area (Å²) in [6, 6.07) is 11.5. The molecule has 0 aliphatic rings. The van der Waals surface area contributed by atoms with Crippen LogP contribution in [0.1, 0.15) is 0 Å². The van der Waals surface area contributed by atoms with Crippen molar-refractivity contribution in [3.63, 3.8) is 0 Å². The summed E-state index contributed by atoms with van der Waals surface area (Å²) in [5.74, 6) is -0.0603. The van der Waals surface area contributed by atoms with E-state index in [1.54, 1.807) is 12.1 Å². The molecule has 0 spiro atoms. The highest BCUT2D eigenvalue weighted by Crippen LogP contribution is 2.16. The van der Waals surface area contributed by atoms with Gasteiger partial charge in [0.25, 0.3) is 0 Å². The van der Waals surface area contributed by atoms with Crippen LogP contribution in [-0.4, -0.2) is 13.4 Å². The topological polar surface area (TPSA) is 29.5 Å². The van der Waals surface area contributed by atoms with Gasteiger partial charge in [0.2, 0.25) is 8.32 Å². The number of aromatic hydroxyl groups is 1. The molecule has 2 rings (SSSR count). The fourth-order valence-electron chi connectivity index (χ4n) is 1.36. The van der Waals surface area contributed by atoms with Crippen LogP contribution >= 0.6 is 0 Å². The quantitative estimate of drug-likeness (QED) is 0.823. The molecule has 0 bridgehead atoms. The van der Waals surface area contributed by atoms with Crippen molar-refractivity contribution in [1.29, 1.82) is 0 Å². The van der Waals surface area contributed by atoms with Crippen LogP contribution < -0.4 is 4.43 Å². The van der Waals surface area contributed by atoms with Gasteiger partial charge in [-0.1, -0.05) is 12.1 Å². The number of hydrogen-bond acceptors (Lipinski definition) is 2. The predicted molar refractivity (Wildman–Crippen MR) is 78.4 cm³/mol. The lowest BCUT2D eigenvalue weighted by Crippen LogP contribution is -2.29. The van der Waals surface area contributed by atoms with E-state index in [0.29, 0.717) is 5.75 Å². The van der Waals surface area contributed by atoms with Crippen LogP contribution in [-0.2, 0) is 0 Å². The summed E-state index contributed by atoms with van der Waals surface area (Å²) in [6.07, 6.45) is 0. The van der Waals surface area contributed by atoms with Crippen molar-refractivity contribution in [2.45, 2.75) is 19.6 Å². The Labute approximate surface area is 118 Å². The van der Waals surface area contributed by atoms with Gasteiger partial charge in [0, 0.05) is 12.1 Å². The van der Waals surface area contributed by atoms with Gasteiger partial charge in [-0.3, -0.25) is 0 Å². The van der Waals surface area contributed by atoms with E-state index in [0.717, 1.165) is 6.07 Å². The SMILES string of the molecule is C[Si](C)(C)Oc1cccc(F)c1.Oc1cccc(F)c1. The Bertz CT molecular complexity index is 536. The molecule has 0 aliphatic carbocycles. The van der Waals surface area contributed by atoms with Crippen molar-refractivity contribution in [2.24, 2.45) is 0 Å². The molecule has 1 N–H and O–H groups in total. The molecule has 0 atom stereocenters. The molecule has 0 unspecified atom stereocenters. The molecule has 0 fully saturated rings. The van der Waals surface area contributed by atoms with Gasteiger partial charge < -0.3 is 9.53 Å². The maximum absolute atomic E-state index is 12.7. The summed E-state index contributed by atoms with van der Waals surface area (Å²) in [6.45, 7) is 6.20. The number of phenols is 1. The van der Waals surface area contributed by atoms with Gasteiger partial charge in [-0.05, 0) is 43.9 Å². The van der Waals surface area contributed by atoms with Gasteiger partial charge in [-0.15, -0.1) is 0 Å². The number of hydrogen-bond donors (Lipinski definition) is 1. The van der Waals surface area contributed by atoms with Crippen LogP contribution in [0, 0.1) is 11.6 Å². The monoisotopic (exact) mass is 296 g/mol. The van der Waals surface area contributed by atoms with Crippen LogP contribution in [0.2, 0.25) is 19.6 Å². The molecule has 2 nitrogen and oxygen atoms in total. The maximum atomic E-state index is 12.7. The second kappa shape index (κ2) is 7.05. The summed E-state index contributed by atoms with van der Waals surface area (Å²) < 4.78 is 30.3. The van der Waals surface area contributed by atoms with Gasteiger partial charge in [0.15, 0.2) is 0 Å². The molecule has 2 aromatic carbocycles. The second-order valence-corrected chi connectivity index (χ2v) is 9.58. The molecule has 0 aliphatic heterocycles. The normalized spacial score (nSPS) is 10.4. The minimum Gasteiger partial charge on any atom is -0.544 e. The minimum absolute atomic E-state index is 0.0370. The fraction of sp³-hybridized carbons (Fsp3) is 0.200. The van der Waals surface area contributed by atoms with E-state index in [2.05, 4.69) is 19.6 Å². The lowest BCUT2D eigenvalue weighted by molar-refractivity contribution is 0.469. The zero-order valence-electron chi connectivity index (χ0n) is 11.7. The average Bonchev–Trinajstić information content (AvgIpc) is 2.26. The van der Waals surface area contributed by atoms with Crippen molar-refractivity contribution in [2.75, 3.05) is 0 Å². The lowest BCUT2D eigenvalue weighted by Gasteiger charge is -2.18. The van der Waals surface area contributed by atoms with Gasteiger partial charge in [-0.25, -0.2) is 8.78 Å². The smallest absolute Gasteiger partial charge is 0.242 e. The largest absolute Gasteiger partial charge is 0.544 e. The Kier molecular flexibility index (Phi) is 5.70. The fourth-order valence-corrected chi connectivity index (χ4v) is 2.19. The zero-order valence-corrected chi connectivity index (χ0v) is 12.7. The number of benzene rings is 2. The van der Waals surface area contributed by atoms with E-state index in [-0.39, 0.29) is 11.6 Å². The molecule has 0 amide bonds. The van der Waals surface area contributed by atoms with Crippen LogP contribution in [0.15, 0.2) is 48.5 Å². The summed E-state index contributed by atoms with van der Waals surface area (Å²) in [5.41, 5.74) is 0. The highest BCUT2D eigenvalue weighted by molar-refractivity contribution is 6.70. The van der Waals surface area contributed by atoms with Crippen LogP contribution in [0.5, 0.6) is 11.5 Å². The van der Waals surface area contributed by atoms with Crippen molar-refractivity contribution >= 4 is 8.32 Å². The Balaban J connectivity index is 0.000000217. The molecule has 0 aromatic heterocycles. The number of halogens is 2. The van der Waals surface area contributed by atoms with Crippen LogP contribution in [0.3, 0.4) is 0 Å². The molecule has 5 heteroatoms. The first-order chi connectivity index (χ1) is 9.26. The molecule has 20 heavy (non-hydrogen) atoms. The third-order valence-corrected chi connectivity index (χ3v) is 2.88. The molecule has 2 aromatic rings. The van der Waals surface area contributed by atoms with Gasteiger partial charge in [0.05, 0.1) is 0 Å². The molecular weight excluding hydrogens is 278 g/mol. The zero-order chi connectivity index (χ0) is 15.2. The van der Waals surface area contributed by atoms with Crippen LogP contribution in [0.4, 0.5) is 8.78 Å². The molecule has 0 saturated carbocycles. The van der Waals surface area contributed by atoms with E-state index < -0.39 is 14.1 Å². The average molecular weight is 296 g/mol. The third kappa shape index (κ3) is 6.89. The first-order valence-corrected chi connectivity index (χ1v) is 9.56. The summed E-state index contributed by atoms with van der Waals surface area (Å²) >= 11 is 0. The summed E-state index contributed by atoms with van der Waals surface area (Å²) in [5, 5.41) is 8.57. The van der Waals surface area contributed by atoms with E-state index >= 15 is 0 Å². The third-order valence-electron chi connectivity index (χ3n) is 2.03. The Morgan fingerprint density at radius 2 is 1.45 bits per heavy atom. The summed E-state index contributed by atoms with van der Waals surface area (Å²) in [4.78, 5) is 0. The Morgan fingerprint density at radius 3 is 1.85 bits per heavy atom. The van der Waals surface area contributed by atoms with Crippen molar-refractivity contribution in [3.05, 3.63) is 60.2 Å². The van der Waals surface area contributed by atoms with E-state index in [1.807, 2.05) is 0 Å². The Morgan fingerprint density at radius 1 is 0.900 bits per heavy atom. The van der Waals surface area contributed by atoms with Crippen molar-refractivity contribution in [3.8, 4) is 11.5 Å². The van der Waals surface area contributed by atoms with E-state index in [1.165, 1.54) is 30.3 Å². The lowest BCUT2D eigenvalue weighted by atomic mass is 10.3. The van der Waals surface area contributed by atoms with Gasteiger partial charge >= 0.3 is 0 Å². The standard InChI is InChI=1S/C9H13FOSi.C6H5FO/c1-12(2,3)11-9-6-4-5-8(10)7-9;7-5-2-1-3-6(8)4-5/h4-7H,1-3H3;1-4,8H. The van der Waals surface area contributed by atoms with E-state index in [4.69, 9.17) is 9.53 Å². The first kappa shape index (κ1) is 16.2. The predicted octanol–water partition coefficient (Wildman–Crippen LogP) is 4.57. The summed E-state index contributed by atoms with van der Waals surface area (Å²) in [7, 11) is -1.59. The highest BCUT2D eigenvalue weighted by Gasteiger charge is 2.15. The molecule has 0 heterocycles. The van der Waals surface area contributed by atoms with Crippen molar-refractivity contribution < 1.29 is 18.3 Å². The number of rotatable bonds is 2. The van der Waals surface area contributed by atoms with Crippen molar-refractivity contribution in [1.82, 2.24) is 0 Å². The maximum Gasteiger partial charge on any atom is 0.242 e. The minimum atomic E-state index is -1.59. The van der Waals surface area contributed by atoms with Crippen LogP contribution in [0.25, 0.3) is 0 Å². The second-order valence-electron chi connectivity index (χ2n) is 5.15. The highest BCUT2D eigenvalue weighted by atomic mass is 28.4. The molecule has 108 valence electrons. The van der Waals surface area contributed by atoms with Gasteiger partial charge in [-0.2, -0.15) is 0 Å². The first-order valence-electron chi connectivity index (χ1n) is 6.15. The van der Waals surface area contributed by atoms with E-state index in [9.17, 15) is 8.78 Å². The molecule has 0 radical (unpaired) electrons. The molecular formula is C15H18F2O2Si. The van der Waals surface area contributed by atoms with Gasteiger partial charge in [0.1, 0.15) is 23.1 Å². The molecule has 0 saturated heterocycles. The number of phenolic OH excluding ortho intramolecular Hbond substituents is 1.